The summed E-state index contributed by atoms with van der Waals surface area (Å²) in [5, 5.41) is 4.27. The standard InChI is InChI=1S/C19H16FNO3S/c20-17-8-5-14(6-9-17)12-21-19(22)13-25(23,24)18-10-7-15-3-1-2-4-16(15)11-18/h1-11H,12-13H2,(H,21,22). The largest absolute Gasteiger partial charge is 0.351 e. The highest BCUT2D eigenvalue weighted by Crippen LogP contribution is 2.19. The molecule has 3 aromatic rings. The first-order chi connectivity index (χ1) is 11.9. The molecular weight excluding hydrogens is 341 g/mol. The fourth-order valence-electron chi connectivity index (χ4n) is 2.47. The molecule has 0 aliphatic carbocycles. The topological polar surface area (TPSA) is 63.2 Å². The Hall–Kier alpha value is -2.73. The quantitative estimate of drug-likeness (QED) is 0.763. The second-order valence-electron chi connectivity index (χ2n) is 5.67. The van der Waals surface area contributed by atoms with Crippen molar-refractivity contribution in [3.8, 4) is 0 Å². The fraction of sp³-hybridized carbons (Fsp3) is 0.105. The van der Waals surface area contributed by atoms with Crippen LogP contribution in [-0.2, 0) is 21.2 Å². The van der Waals surface area contributed by atoms with Crippen LogP contribution in [0.5, 0.6) is 0 Å². The normalized spacial score (nSPS) is 11.4. The summed E-state index contributed by atoms with van der Waals surface area (Å²) in [6.07, 6.45) is 0. The van der Waals surface area contributed by atoms with Gasteiger partial charge in [-0.25, -0.2) is 12.8 Å². The summed E-state index contributed by atoms with van der Waals surface area (Å²) in [6, 6.07) is 17.8. The van der Waals surface area contributed by atoms with Gasteiger partial charge >= 0.3 is 0 Å². The monoisotopic (exact) mass is 357 g/mol. The minimum atomic E-state index is -3.73. The van der Waals surface area contributed by atoms with E-state index >= 15 is 0 Å². The molecular formula is C19H16FNO3S. The third kappa shape index (κ3) is 4.22. The molecule has 0 bridgehead atoms. The number of amides is 1. The van der Waals surface area contributed by atoms with Gasteiger partial charge in [-0.15, -0.1) is 0 Å². The van der Waals surface area contributed by atoms with Gasteiger partial charge in [-0.1, -0.05) is 42.5 Å². The van der Waals surface area contributed by atoms with Crippen molar-refractivity contribution in [3.63, 3.8) is 0 Å². The molecule has 0 saturated heterocycles. The molecule has 0 spiro atoms. The molecule has 0 atom stereocenters. The Morgan fingerprint density at radius 2 is 1.60 bits per heavy atom. The number of nitrogens with one attached hydrogen (secondary N) is 1. The van der Waals surface area contributed by atoms with E-state index < -0.39 is 21.5 Å². The predicted molar refractivity (Wildman–Crippen MR) is 94.2 cm³/mol. The third-order valence-electron chi connectivity index (χ3n) is 3.80. The van der Waals surface area contributed by atoms with Crippen LogP contribution < -0.4 is 5.32 Å². The lowest BCUT2D eigenvalue weighted by atomic mass is 10.1. The fourth-order valence-corrected chi connectivity index (χ4v) is 3.67. The van der Waals surface area contributed by atoms with E-state index in [1.54, 1.807) is 12.1 Å². The molecule has 0 saturated carbocycles. The van der Waals surface area contributed by atoms with E-state index in [0.29, 0.717) is 5.56 Å². The molecule has 0 radical (unpaired) electrons. The zero-order valence-electron chi connectivity index (χ0n) is 13.3. The van der Waals surface area contributed by atoms with Gasteiger partial charge < -0.3 is 5.32 Å². The van der Waals surface area contributed by atoms with Gasteiger partial charge in [0.2, 0.25) is 5.91 Å². The van der Waals surface area contributed by atoms with Crippen LogP contribution in [0.3, 0.4) is 0 Å². The summed E-state index contributed by atoms with van der Waals surface area (Å²) in [5.74, 6) is -1.60. The average molecular weight is 357 g/mol. The molecule has 0 aromatic heterocycles. The van der Waals surface area contributed by atoms with Crippen molar-refractivity contribution in [2.24, 2.45) is 0 Å². The summed E-state index contributed by atoms with van der Waals surface area (Å²) >= 11 is 0. The first kappa shape index (κ1) is 17.1. The summed E-state index contributed by atoms with van der Waals surface area (Å²) in [6.45, 7) is 0.145. The molecule has 25 heavy (non-hydrogen) atoms. The lowest BCUT2D eigenvalue weighted by Crippen LogP contribution is -2.29. The van der Waals surface area contributed by atoms with Gasteiger partial charge in [0.25, 0.3) is 0 Å². The summed E-state index contributed by atoms with van der Waals surface area (Å²) < 4.78 is 37.7. The lowest BCUT2D eigenvalue weighted by Gasteiger charge is -2.08. The first-order valence-electron chi connectivity index (χ1n) is 7.67. The molecule has 0 unspecified atom stereocenters. The van der Waals surface area contributed by atoms with Gasteiger partial charge in [-0.05, 0) is 40.6 Å². The summed E-state index contributed by atoms with van der Waals surface area (Å²) in [5.41, 5.74) is 0.692. The Balaban J connectivity index is 1.69. The van der Waals surface area contributed by atoms with Crippen LogP contribution in [0.15, 0.2) is 71.6 Å². The Morgan fingerprint density at radius 1 is 0.920 bits per heavy atom. The van der Waals surface area contributed by atoms with Crippen molar-refractivity contribution in [2.45, 2.75) is 11.4 Å². The SMILES string of the molecule is O=C(CS(=O)(=O)c1ccc2ccccc2c1)NCc1ccc(F)cc1. The lowest BCUT2D eigenvalue weighted by molar-refractivity contribution is -0.118. The Morgan fingerprint density at radius 3 is 2.32 bits per heavy atom. The highest BCUT2D eigenvalue weighted by molar-refractivity contribution is 7.92. The molecule has 4 nitrogen and oxygen atoms in total. The van der Waals surface area contributed by atoms with Crippen molar-refractivity contribution in [3.05, 3.63) is 78.1 Å². The number of carbonyl (C=O) groups is 1. The average Bonchev–Trinajstić information content (AvgIpc) is 2.60. The third-order valence-corrected chi connectivity index (χ3v) is 5.42. The highest BCUT2D eigenvalue weighted by Gasteiger charge is 2.19. The number of rotatable bonds is 5. The maximum atomic E-state index is 12.8. The summed E-state index contributed by atoms with van der Waals surface area (Å²) in [4.78, 5) is 12.1. The molecule has 0 aliphatic rings. The van der Waals surface area contributed by atoms with Crippen molar-refractivity contribution in [1.82, 2.24) is 5.32 Å². The van der Waals surface area contributed by atoms with Crippen LogP contribution in [-0.4, -0.2) is 20.1 Å². The van der Waals surface area contributed by atoms with E-state index in [-0.39, 0.29) is 17.3 Å². The number of sulfone groups is 1. The van der Waals surface area contributed by atoms with E-state index in [0.717, 1.165) is 10.8 Å². The van der Waals surface area contributed by atoms with Gasteiger partial charge in [-0.2, -0.15) is 0 Å². The molecule has 0 fully saturated rings. The molecule has 0 heterocycles. The van der Waals surface area contributed by atoms with E-state index in [1.807, 2.05) is 24.3 Å². The van der Waals surface area contributed by atoms with Crippen LogP contribution in [0.4, 0.5) is 4.39 Å². The van der Waals surface area contributed by atoms with Gasteiger partial charge in [0.05, 0.1) is 4.90 Å². The van der Waals surface area contributed by atoms with Crippen molar-refractivity contribution < 1.29 is 17.6 Å². The Kier molecular flexibility index (Phi) is 4.81. The molecule has 1 N–H and O–H groups in total. The van der Waals surface area contributed by atoms with Gasteiger partial charge in [-0.3, -0.25) is 4.79 Å². The van der Waals surface area contributed by atoms with E-state index in [4.69, 9.17) is 0 Å². The van der Waals surface area contributed by atoms with Gasteiger partial charge in [0.15, 0.2) is 9.84 Å². The predicted octanol–water partition coefficient (Wildman–Crippen LogP) is 3.07. The molecule has 128 valence electrons. The molecule has 0 aliphatic heterocycles. The van der Waals surface area contributed by atoms with Crippen LogP contribution in [0.2, 0.25) is 0 Å². The Labute approximate surface area is 145 Å². The smallest absolute Gasteiger partial charge is 0.235 e. The number of halogens is 1. The zero-order chi connectivity index (χ0) is 17.9. The van der Waals surface area contributed by atoms with E-state index in [9.17, 15) is 17.6 Å². The highest BCUT2D eigenvalue weighted by atomic mass is 32.2. The minimum absolute atomic E-state index is 0.114. The maximum Gasteiger partial charge on any atom is 0.235 e. The Bertz CT molecular complexity index is 1010. The molecule has 3 rings (SSSR count). The molecule has 3 aromatic carbocycles. The van der Waals surface area contributed by atoms with Gasteiger partial charge in [0.1, 0.15) is 11.6 Å². The molecule has 1 amide bonds. The maximum absolute atomic E-state index is 12.8. The molecule has 6 heteroatoms. The number of benzene rings is 3. The minimum Gasteiger partial charge on any atom is -0.351 e. The van der Waals surface area contributed by atoms with Gasteiger partial charge in [0, 0.05) is 6.54 Å². The summed E-state index contributed by atoms with van der Waals surface area (Å²) in [7, 11) is -3.73. The number of fused-ring (bicyclic) bond motifs is 1. The van der Waals surface area contributed by atoms with Crippen LogP contribution in [0, 0.1) is 5.82 Å². The number of hydrogen-bond donors (Lipinski definition) is 1. The number of carbonyl (C=O) groups excluding carboxylic acids is 1. The van der Waals surface area contributed by atoms with E-state index in [1.165, 1.54) is 30.3 Å². The van der Waals surface area contributed by atoms with Crippen LogP contribution >= 0.6 is 0 Å². The second kappa shape index (κ2) is 7.03. The number of hydrogen-bond acceptors (Lipinski definition) is 3. The van der Waals surface area contributed by atoms with E-state index in [2.05, 4.69) is 5.32 Å². The van der Waals surface area contributed by atoms with Crippen LogP contribution in [0.1, 0.15) is 5.56 Å². The zero-order valence-corrected chi connectivity index (χ0v) is 14.1. The van der Waals surface area contributed by atoms with Crippen LogP contribution in [0.25, 0.3) is 10.8 Å². The van der Waals surface area contributed by atoms with Crippen molar-refractivity contribution in [2.75, 3.05) is 5.75 Å². The van der Waals surface area contributed by atoms with Crippen molar-refractivity contribution >= 4 is 26.5 Å². The van der Waals surface area contributed by atoms with Crippen molar-refractivity contribution in [1.29, 1.82) is 0 Å². The second-order valence-corrected chi connectivity index (χ2v) is 7.66. The first-order valence-corrected chi connectivity index (χ1v) is 9.32.